The molecule has 0 saturated heterocycles. The topological polar surface area (TPSA) is 40.2 Å². The second-order valence-electron chi connectivity index (χ2n) is 3.57. The molecule has 80 valence electrons. The molecule has 0 fully saturated rings. The number of ether oxygens (including phenoxy) is 1. The Morgan fingerprint density at radius 2 is 2.36 bits per heavy atom. The Balaban J connectivity index is 2.49. The monoisotopic (exact) mass is 196 g/mol. The molecule has 0 saturated carbocycles. The van der Waals surface area contributed by atoms with Crippen LogP contribution in [0.4, 0.5) is 0 Å². The first-order chi connectivity index (χ1) is 6.77. The van der Waals surface area contributed by atoms with Crippen LogP contribution in [0.15, 0.2) is 18.5 Å². The van der Waals surface area contributed by atoms with E-state index in [0.29, 0.717) is 0 Å². The van der Waals surface area contributed by atoms with E-state index in [1.54, 1.807) is 7.11 Å². The zero-order chi connectivity index (χ0) is 10.4. The van der Waals surface area contributed by atoms with Crippen LogP contribution in [-0.4, -0.2) is 18.3 Å². The molecule has 1 unspecified atom stereocenters. The zero-order valence-corrected chi connectivity index (χ0v) is 9.07. The third kappa shape index (κ3) is 3.16. The first-order valence-electron chi connectivity index (χ1n) is 5.18. The molecule has 1 rings (SSSR count). The molecule has 0 aromatic carbocycles. The van der Waals surface area contributed by atoms with Crippen LogP contribution in [0.2, 0.25) is 0 Å². The van der Waals surface area contributed by atoms with Gasteiger partial charge in [-0.25, -0.2) is 0 Å². The maximum absolute atomic E-state index is 6.00. The van der Waals surface area contributed by atoms with Gasteiger partial charge in [-0.1, -0.05) is 13.3 Å². The highest BCUT2D eigenvalue weighted by atomic mass is 16.5. The van der Waals surface area contributed by atoms with Gasteiger partial charge in [0.25, 0.3) is 0 Å². The van der Waals surface area contributed by atoms with Crippen LogP contribution in [0.25, 0.3) is 0 Å². The van der Waals surface area contributed by atoms with Crippen LogP contribution >= 0.6 is 0 Å². The number of methoxy groups -OCH3 is 1. The van der Waals surface area contributed by atoms with Crippen LogP contribution in [0.3, 0.4) is 0 Å². The smallest absolute Gasteiger partial charge is 0.0641 e. The molecular weight excluding hydrogens is 176 g/mol. The van der Waals surface area contributed by atoms with E-state index >= 15 is 0 Å². The van der Waals surface area contributed by atoms with Gasteiger partial charge < -0.3 is 15.0 Å². The molecule has 2 N–H and O–H groups in total. The van der Waals surface area contributed by atoms with Crippen molar-refractivity contribution in [2.24, 2.45) is 5.73 Å². The van der Waals surface area contributed by atoms with Gasteiger partial charge in [0.2, 0.25) is 0 Å². The second kappa shape index (κ2) is 5.83. The molecule has 1 aromatic heterocycles. The minimum atomic E-state index is 0.184. The minimum absolute atomic E-state index is 0.184. The molecule has 0 aliphatic carbocycles. The molecule has 3 nitrogen and oxygen atoms in total. The van der Waals surface area contributed by atoms with Gasteiger partial charge in [0.05, 0.1) is 6.61 Å². The SMILES string of the molecule is CCCC(N)c1ccn(CCOC)c1. The second-order valence-corrected chi connectivity index (χ2v) is 3.57. The third-order valence-corrected chi connectivity index (χ3v) is 2.35. The number of hydrogen-bond donors (Lipinski definition) is 1. The summed E-state index contributed by atoms with van der Waals surface area (Å²) in [6, 6.07) is 2.28. The maximum Gasteiger partial charge on any atom is 0.0641 e. The molecule has 0 radical (unpaired) electrons. The molecule has 1 heterocycles. The number of rotatable bonds is 6. The van der Waals surface area contributed by atoms with Crippen molar-refractivity contribution in [3.05, 3.63) is 24.0 Å². The summed E-state index contributed by atoms with van der Waals surface area (Å²) in [5, 5.41) is 0. The first kappa shape index (κ1) is 11.3. The number of nitrogens with zero attached hydrogens (tertiary/aromatic N) is 1. The van der Waals surface area contributed by atoms with E-state index in [-0.39, 0.29) is 6.04 Å². The molecule has 0 bridgehead atoms. The predicted octanol–water partition coefficient (Wildman–Crippen LogP) is 1.93. The van der Waals surface area contributed by atoms with Crippen molar-refractivity contribution < 1.29 is 4.74 Å². The normalized spacial score (nSPS) is 13.1. The fourth-order valence-electron chi connectivity index (χ4n) is 1.49. The molecule has 0 amide bonds. The zero-order valence-electron chi connectivity index (χ0n) is 9.07. The van der Waals surface area contributed by atoms with E-state index in [4.69, 9.17) is 10.5 Å². The molecule has 0 aliphatic heterocycles. The van der Waals surface area contributed by atoms with Crippen molar-refractivity contribution in [1.82, 2.24) is 4.57 Å². The fourth-order valence-corrected chi connectivity index (χ4v) is 1.49. The van der Waals surface area contributed by atoms with Crippen LogP contribution < -0.4 is 5.73 Å². The van der Waals surface area contributed by atoms with Crippen LogP contribution in [0.5, 0.6) is 0 Å². The highest BCUT2D eigenvalue weighted by Crippen LogP contribution is 2.15. The quantitative estimate of drug-likeness (QED) is 0.755. The predicted molar refractivity (Wildman–Crippen MR) is 58.1 cm³/mol. The van der Waals surface area contributed by atoms with Gasteiger partial charge in [-0.05, 0) is 18.1 Å². The molecule has 3 heteroatoms. The van der Waals surface area contributed by atoms with E-state index < -0.39 is 0 Å². The van der Waals surface area contributed by atoms with Crippen molar-refractivity contribution in [3.8, 4) is 0 Å². The summed E-state index contributed by atoms with van der Waals surface area (Å²) in [5.74, 6) is 0. The van der Waals surface area contributed by atoms with Gasteiger partial charge in [0.1, 0.15) is 0 Å². The van der Waals surface area contributed by atoms with Crippen molar-refractivity contribution in [2.75, 3.05) is 13.7 Å². The van der Waals surface area contributed by atoms with Crippen molar-refractivity contribution in [1.29, 1.82) is 0 Å². The number of aromatic nitrogens is 1. The molecule has 1 atom stereocenters. The summed E-state index contributed by atoms with van der Waals surface area (Å²) in [6.45, 7) is 3.80. The lowest BCUT2D eigenvalue weighted by Gasteiger charge is -2.07. The van der Waals surface area contributed by atoms with Gasteiger partial charge >= 0.3 is 0 Å². The number of nitrogens with two attached hydrogens (primary N) is 1. The Bertz CT molecular complexity index is 258. The van der Waals surface area contributed by atoms with Gasteiger partial charge in [-0.2, -0.15) is 0 Å². The lowest BCUT2D eigenvalue weighted by atomic mass is 10.1. The van der Waals surface area contributed by atoms with E-state index in [1.165, 1.54) is 5.56 Å². The summed E-state index contributed by atoms with van der Waals surface area (Å²) in [6.07, 6.45) is 6.35. The lowest BCUT2D eigenvalue weighted by molar-refractivity contribution is 0.187. The van der Waals surface area contributed by atoms with Crippen LogP contribution in [0, 0.1) is 0 Å². The van der Waals surface area contributed by atoms with Crippen molar-refractivity contribution in [3.63, 3.8) is 0 Å². The molecule has 14 heavy (non-hydrogen) atoms. The minimum Gasteiger partial charge on any atom is -0.383 e. The number of hydrogen-bond acceptors (Lipinski definition) is 2. The molecule has 0 spiro atoms. The van der Waals surface area contributed by atoms with Crippen molar-refractivity contribution in [2.45, 2.75) is 32.4 Å². The summed E-state index contributed by atoms with van der Waals surface area (Å²) >= 11 is 0. The first-order valence-corrected chi connectivity index (χ1v) is 5.18. The Kier molecular flexibility index (Phi) is 4.70. The largest absolute Gasteiger partial charge is 0.383 e. The summed E-state index contributed by atoms with van der Waals surface area (Å²) in [5.41, 5.74) is 7.23. The summed E-state index contributed by atoms with van der Waals surface area (Å²) in [4.78, 5) is 0. The van der Waals surface area contributed by atoms with E-state index in [0.717, 1.165) is 26.0 Å². The summed E-state index contributed by atoms with van der Waals surface area (Å²) in [7, 11) is 1.72. The highest BCUT2D eigenvalue weighted by molar-refractivity contribution is 5.14. The Morgan fingerprint density at radius 1 is 1.57 bits per heavy atom. The Morgan fingerprint density at radius 3 is 3.00 bits per heavy atom. The Hall–Kier alpha value is -0.800. The average molecular weight is 196 g/mol. The summed E-state index contributed by atoms with van der Waals surface area (Å²) < 4.78 is 7.13. The lowest BCUT2D eigenvalue weighted by Crippen LogP contribution is -2.09. The van der Waals surface area contributed by atoms with Gasteiger partial charge in [0, 0.05) is 32.1 Å². The third-order valence-electron chi connectivity index (χ3n) is 2.35. The fraction of sp³-hybridized carbons (Fsp3) is 0.636. The van der Waals surface area contributed by atoms with Gasteiger partial charge in [-0.15, -0.1) is 0 Å². The Labute approximate surface area is 85.9 Å². The van der Waals surface area contributed by atoms with Crippen LogP contribution in [0.1, 0.15) is 31.4 Å². The maximum atomic E-state index is 6.00. The standard InChI is InChI=1S/C11H20N2O/c1-3-4-11(12)10-5-6-13(9-10)7-8-14-2/h5-6,9,11H,3-4,7-8,12H2,1-2H3. The molecule has 0 aliphatic rings. The van der Waals surface area contributed by atoms with E-state index in [1.807, 2.05) is 0 Å². The van der Waals surface area contributed by atoms with E-state index in [9.17, 15) is 0 Å². The van der Waals surface area contributed by atoms with Crippen molar-refractivity contribution >= 4 is 0 Å². The van der Waals surface area contributed by atoms with E-state index in [2.05, 4.69) is 30.0 Å². The molecule has 1 aromatic rings. The highest BCUT2D eigenvalue weighted by Gasteiger charge is 2.05. The van der Waals surface area contributed by atoms with Gasteiger partial charge in [0.15, 0.2) is 0 Å². The van der Waals surface area contributed by atoms with Crippen LogP contribution in [-0.2, 0) is 11.3 Å². The van der Waals surface area contributed by atoms with Gasteiger partial charge in [-0.3, -0.25) is 0 Å². The average Bonchev–Trinajstić information content (AvgIpc) is 2.63. The molecular formula is C11H20N2O.